The number of rotatable bonds is 1. The smallest absolute Gasteiger partial charge is 0.0280 e. The van der Waals surface area contributed by atoms with Gasteiger partial charge in [-0.2, -0.15) is 0 Å². The monoisotopic (exact) mass is 152 g/mol. The summed E-state index contributed by atoms with van der Waals surface area (Å²) in [6.07, 6.45) is 7.58. The Morgan fingerprint density at radius 3 is 2.27 bits per heavy atom. The Bertz CT molecular complexity index is 140. The molecule has 0 saturated carbocycles. The molecule has 0 nitrogen and oxygen atoms in total. The molecule has 0 fully saturated rings. The zero-order valence-corrected chi connectivity index (χ0v) is 8.11. The fourth-order valence-electron chi connectivity index (χ4n) is 1.23. The Morgan fingerprint density at radius 2 is 2.00 bits per heavy atom. The molecule has 0 unspecified atom stereocenters. The van der Waals surface area contributed by atoms with Crippen LogP contribution in [-0.4, -0.2) is 0 Å². The van der Waals surface area contributed by atoms with Crippen LogP contribution in [0.15, 0.2) is 23.8 Å². The van der Waals surface area contributed by atoms with Gasteiger partial charge >= 0.3 is 0 Å². The van der Waals surface area contributed by atoms with Gasteiger partial charge in [-0.05, 0) is 38.2 Å². The van der Waals surface area contributed by atoms with Gasteiger partial charge in [-0.1, -0.05) is 32.1 Å². The van der Waals surface area contributed by atoms with Crippen molar-refractivity contribution in [1.29, 1.82) is 0 Å². The average Bonchev–Trinajstić information content (AvgIpc) is 2.10. The highest BCUT2D eigenvalue weighted by Crippen LogP contribution is 2.21. The van der Waals surface area contributed by atoms with Gasteiger partial charge in [-0.25, -0.2) is 0 Å². The minimum atomic E-state index is 1.26. The molecule has 1 aliphatic carbocycles. The van der Waals surface area contributed by atoms with Gasteiger partial charge < -0.3 is 0 Å². The molecule has 0 aromatic carbocycles. The van der Waals surface area contributed by atoms with Gasteiger partial charge in [-0.15, -0.1) is 0 Å². The van der Waals surface area contributed by atoms with Gasteiger partial charge in [0.25, 0.3) is 0 Å². The molecule has 0 heterocycles. The second-order valence-corrected chi connectivity index (χ2v) is 2.76. The second kappa shape index (κ2) is 6.21. The topological polar surface area (TPSA) is 0 Å². The van der Waals surface area contributed by atoms with Crippen molar-refractivity contribution in [2.75, 3.05) is 0 Å². The predicted molar refractivity (Wildman–Crippen MR) is 52.7 cm³/mol. The minimum Gasteiger partial charge on any atom is -0.0958 e. The van der Waals surface area contributed by atoms with Crippen molar-refractivity contribution in [2.24, 2.45) is 0 Å². The fourth-order valence-corrected chi connectivity index (χ4v) is 1.23. The summed E-state index contributed by atoms with van der Waals surface area (Å²) in [5, 5.41) is 0. The normalized spacial score (nSPS) is 16.1. The van der Waals surface area contributed by atoms with E-state index in [9.17, 15) is 0 Å². The van der Waals surface area contributed by atoms with Gasteiger partial charge in [0.1, 0.15) is 0 Å². The molecule has 0 bridgehead atoms. The number of hydrogen-bond acceptors (Lipinski definition) is 0. The van der Waals surface area contributed by atoms with E-state index in [1.54, 1.807) is 0 Å². The first-order valence-corrected chi connectivity index (χ1v) is 4.65. The van der Waals surface area contributed by atoms with Crippen LogP contribution in [-0.2, 0) is 0 Å². The van der Waals surface area contributed by atoms with E-state index < -0.39 is 0 Å². The Morgan fingerprint density at radius 1 is 1.36 bits per heavy atom. The van der Waals surface area contributed by atoms with Gasteiger partial charge in [0.05, 0.1) is 0 Å². The molecule has 0 spiro atoms. The highest BCUT2D eigenvalue weighted by Gasteiger charge is 2.01. The zero-order chi connectivity index (χ0) is 8.69. The lowest BCUT2D eigenvalue weighted by Crippen LogP contribution is -1.91. The van der Waals surface area contributed by atoms with Crippen LogP contribution in [0, 0.1) is 0 Å². The van der Waals surface area contributed by atoms with Crippen molar-refractivity contribution in [3.63, 3.8) is 0 Å². The lowest BCUT2D eigenvalue weighted by molar-refractivity contribution is 0.706. The third kappa shape index (κ3) is 4.02. The molecular weight excluding hydrogens is 132 g/mol. The van der Waals surface area contributed by atoms with Crippen LogP contribution in [0.2, 0.25) is 0 Å². The largest absolute Gasteiger partial charge is 0.0958 e. The summed E-state index contributed by atoms with van der Waals surface area (Å²) in [5.74, 6) is 0. The highest BCUT2D eigenvalue weighted by atomic mass is 14.1. The summed E-state index contributed by atoms with van der Waals surface area (Å²) in [5.41, 5.74) is 2.75. The van der Waals surface area contributed by atoms with Gasteiger partial charge in [0.2, 0.25) is 0 Å². The average molecular weight is 152 g/mol. The van der Waals surface area contributed by atoms with Crippen molar-refractivity contribution >= 4 is 0 Å². The van der Waals surface area contributed by atoms with E-state index in [0.29, 0.717) is 0 Å². The van der Waals surface area contributed by atoms with Crippen molar-refractivity contribution < 1.29 is 0 Å². The summed E-state index contributed by atoms with van der Waals surface area (Å²) in [4.78, 5) is 0. The van der Waals surface area contributed by atoms with Crippen LogP contribution in [0.5, 0.6) is 0 Å². The predicted octanol–water partition coefficient (Wildman–Crippen LogP) is 4.09. The maximum absolute atomic E-state index is 3.91. The minimum absolute atomic E-state index is 1.26. The molecule has 0 atom stereocenters. The lowest BCUT2D eigenvalue weighted by Gasteiger charge is -2.11. The van der Waals surface area contributed by atoms with Crippen LogP contribution in [0.25, 0.3) is 0 Å². The van der Waals surface area contributed by atoms with Crippen molar-refractivity contribution in [2.45, 2.75) is 46.5 Å². The van der Waals surface area contributed by atoms with Crippen LogP contribution in [0.1, 0.15) is 46.5 Å². The molecule has 0 aromatic heterocycles. The Labute approximate surface area is 71.0 Å². The zero-order valence-electron chi connectivity index (χ0n) is 8.11. The molecule has 1 aliphatic rings. The summed E-state index contributed by atoms with van der Waals surface area (Å²) in [6, 6.07) is 0. The standard InChI is InChI=1S/C9H14.C2H6/c1-8(2)9-6-4-3-5-7-9;1-2/h6H,1,3-5,7H2,2H3;1-2H3. The summed E-state index contributed by atoms with van der Waals surface area (Å²) in [6.45, 7) is 10.0. The molecule has 0 aliphatic heterocycles. The molecule has 0 saturated heterocycles. The molecule has 11 heavy (non-hydrogen) atoms. The number of allylic oxidation sites excluding steroid dienone is 3. The molecule has 0 N–H and O–H groups in total. The molecule has 0 radical (unpaired) electrons. The van der Waals surface area contributed by atoms with Crippen molar-refractivity contribution in [3.05, 3.63) is 23.8 Å². The quantitative estimate of drug-likeness (QED) is 0.531. The first kappa shape index (κ1) is 10.5. The van der Waals surface area contributed by atoms with Crippen molar-refractivity contribution in [3.8, 4) is 0 Å². The van der Waals surface area contributed by atoms with E-state index in [2.05, 4.69) is 19.6 Å². The highest BCUT2D eigenvalue weighted by molar-refractivity contribution is 5.26. The Kier molecular flexibility index (Phi) is 5.91. The van der Waals surface area contributed by atoms with Gasteiger partial charge in [0, 0.05) is 0 Å². The molecule has 0 heteroatoms. The van der Waals surface area contributed by atoms with Crippen LogP contribution in [0.4, 0.5) is 0 Å². The van der Waals surface area contributed by atoms with E-state index in [1.807, 2.05) is 13.8 Å². The van der Waals surface area contributed by atoms with E-state index in [0.717, 1.165) is 0 Å². The van der Waals surface area contributed by atoms with E-state index in [-0.39, 0.29) is 0 Å². The molecule has 0 aromatic rings. The van der Waals surface area contributed by atoms with E-state index in [4.69, 9.17) is 0 Å². The lowest BCUT2D eigenvalue weighted by atomic mass is 9.95. The van der Waals surface area contributed by atoms with Crippen LogP contribution in [0.3, 0.4) is 0 Å². The van der Waals surface area contributed by atoms with Gasteiger partial charge in [0.15, 0.2) is 0 Å². The summed E-state index contributed by atoms with van der Waals surface area (Å²) in [7, 11) is 0. The number of hydrogen-bond donors (Lipinski definition) is 0. The Balaban J connectivity index is 0.000000461. The van der Waals surface area contributed by atoms with Crippen LogP contribution < -0.4 is 0 Å². The maximum Gasteiger partial charge on any atom is -0.0280 e. The fraction of sp³-hybridized carbons (Fsp3) is 0.636. The third-order valence-electron chi connectivity index (χ3n) is 1.84. The third-order valence-corrected chi connectivity index (χ3v) is 1.84. The molecule has 1 rings (SSSR count). The van der Waals surface area contributed by atoms with E-state index >= 15 is 0 Å². The molecular formula is C11H20. The summed E-state index contributed by atoms with van der Waals surface area (Å²) >= 11 is 0. The van der Waals surface area contributed by atoms with Crippen LogP contribution >= 0.6 is 0 Å². The van der Waals surface area contributed by atoms with Gasteiger partial charge in [-0.3, -0.25) is 0 Å². The molecule has 64 valence electrons. The van der Waals surface area contributed by atoms with E-state index in [1.165, 1.54) is 36.8 Å². The first-order chi connectivity index (χ1) is 5.30. The first-order valence-electron chi connectivity index (χ1n) is 4.65. The molecule has 0 amide bonds. The van der Waals surface area contributed by atoms with Crippen molar-refractivity contribution in [1.82, 2.24) is 0 Å². The second-order valence-electron chi connectivity index (χ2n) is 2.76. The summed E-state index contributed by atoms with van der Waals surface area (Å²) < 4.78 is 0. The SMILES string of the molecule is C=C(C)C1=CCCCC1.CC. The maximum atomic E-state index is 3.91. The Hall–Kier alpha value is -0.520.